The van der Waals surface area contributed by atoms with Gasteiger partial charge < -0.3 is 19.2 Å². The lowest BCUT2D eigenvalue weighted by Crippen LogP contribution is -2.16. The Labute approximate surface area is 178 Å². The molecular formula is C21H23N3O5S. The molecular weight excluding hydrogens is 406 g/mol. The van der Waals surface area contributed by atoms with Crippen molar-refractivity contribution in [3.05, 3.63) is 53.4 Å². The second-order valence-electron chi connectivity index (χ2n) is 6.36. The predicted octanol–water partition coefficient (Wildman–Crippen LogP) is 4.36. The van der Waals surface area contributed by atoms with Crippen LogP contribution in [-0.2, 0) is 11.2 Å². The van der Waals surface area contributed by atoms with Crippen molar-refractivity contribution in [2.45, 2.75) is 26.2 Å². The van der Waals surface area contributed by atoms with Crippen LogP contribution in [0.4, 0.5) is 10.8 Å². The van der Waals surface area contributed by atoms with E-state index >= 15 is 0 Å². The molecule has 0 fully saturated rings. The molecule has 0 bridgehead atoms. The van der Waals surface area contributed by atoms with Crippen molar-refractivity contribution in [3.63, 3.8) is 0 Å². The number of amides is 2. The molecule has 2 aromatic heterocycles. The summed E-state index contributed by atoms with van der Waals surface area (Å²) < 4.78 is 16.1. The van der Waals surface area contributed by atoms with E-state index in [1.165, 1.54) is 17.6 Å². The number of carbonyl (C=O) groups is 2. The molecule has 2 heterocycles. The van der Waals surface area contributed by atoms with E-state index in [1.807, 2.05) is 0 Å². The zero-order valence-corrected chi connectivity index (χ0v) is 17.6. The Morgan fingerprint density at radius 3 is 2.83 bits per heavy atom. The fraction of sp³-hybridized carbons (Fsp3) is 0.286. The zero-order valence-electron chi connectivity index (χ0n) is 16.8. The number of rotatable bonds is 10. The monoisotopic (exact) mass is 429 g/mol. The first-order valence-corrected chi connectivity index (χ1v) is 10.4. The van der Waals surface area contributed by atoms with E-state index in [-0.39, 0.29) is 18.1 Å². The molecule has 0 atom stereocenters. The molecule has 1 aromatic carbocycles. The van der Waals surface area contributed by atoms with E-state index in [0.717, 1.165) is 12.8 Å². The molecule has 2 N–H and O–H groups in total. The second-order valence-corrected chi connectivity index (χ2v) is 7.22. The summed E-state index contributed by atoms with van der Waals surface area (Å²) in [5.74, 6) is 0.749. The van der Waals surface area contributed by atoms with Gasteiger partial charge in [-0.05, 0) is 30.7 Å². The van der Waals surface area contributed by atoms with Crippen molar-refractivity contribution in [1.82, 2.24) is 4.98 Å². The van der Waals surface area contributed by atoms with E-state index < -0.39 is 5.91 Å². The highest BCUT2D eigenvalue weighted by atomic mass is 32.1. The molecule has 0 aliphatic heterocycles. The third kappa shape index (κ3) is 5.84. The van der Waals surface area contributed by atoms with Crippen molar-refractivity contribution < 1.29 is 23.5 Å². The van der Waals surface area contributed by atoms with Gasteiger partial charge in [0.2, 0.25) is 5.91 Å². The summed E-state index contributed by atoms with van der Waals surface area (Å²) in [5.41, 5.74) is 1.08. The largest absolute Gasteiger partial charge is 0.497 e. The van der Waals surface area contributed by atoms with Crippen molar-refractivity contribution in [2.24, 2.45) is 0 Å². The lowest BCUT2D eigenvalue weighted by molar-refractivity contribution is -0.115. The second kappa shape index (κ2) is 10.4. The molecule has 2 amide bonds. The summed E-state index contributed by atoms with van der Waals surface area (Å²) in [6.45, 7) is 2.65. The fourth-order valence-electron chi connectivity index (χ4n) is 2.56. The Morgan fingerprint density at radius 2 is 2.10 bits per heavy atom. The number of methoxy groups -OCH3 is 1. The van der Waals surface area contributed by atoms with Crippen LogP contribution in [0.2, 0.25) is 0 Å². The Bertz CT molecular complexity index is 984. The highest BCUT2D eigenvalue weighted by Crippen LogP contribution is 2.29. The Kier molecular flexibility index (Phi) is 7.45. The van der Waals surface area contributed by atoms with Crippen molar-refractivity contribution in [2.75, 3.05) is 24.4 Å². The summed E-state index contributed by atoms with van der Waals surface area (Å²) in [4.78, 5) is 28.8. The Hall–Kier alpha value is -3.33. The third-order valence-corrected chi connectivity index (χ3v) is 4.88. The summed E-state index contributed by atoms with van der Waals surface area (Å²) in [5, 5.41) is 7.61. The predicted molar refractivity (Wildman–Crippen MR) is 115 cm³/mol. The molecule has 0 aliphatic carbocycles. The molecule has 8 nitrogen and oxygen atoms in total. The van der Waals surface area contributed by atoms with Crippen LogP contribution in [0.25, 0.3) is 0 Å². The molecule has 0 aliphatic rings. The normalized spacial score (nSPS) is 10.5. The molecule has 3 rings (SSSR count). The molecule has 158 valence electrons. The van der Waals surface area contributed by atoms with Gasteiger partial charge in [-0.15, -0.1) is 11.3 Å². The average molecular weight is 429 g/mol. The number of unbranched alkanes of at least 4 members (excludes halogenated alkanes) is 1. The van der Waals surface area contributed by atoms with Crippen LogP contribution in [0.1, 0.15) is 36.0 Å². The van der Waals surface area contributed by atoms with Gasteiger partial charge in [-0.1, -0.05) is 13.3 Å². The third-order valence-electron chi connectivity index (χ3n) is 4.08. The number of anilines is 2. The number of hydrogen-bond acceptors (Lipinski definition) is 7. The fourth-order valence-corrected chi connectivity index (χ4v) is 3.26. The maximum Gasteiger partial charge on any atom is 0.293 e. The number of carbonyl (C=O) groups excluding carboxylic acids is 2. The molecule has 30 heavy (non-hydrogen) atoms. The van der Waals surface area contributed by atoms with Crippen molar-refractivity contribution >= 4 is 34.0 Å². The van der Waals surface area contributed by atoms with Gasteiger partial charge in [0.15, 0.2) is 10.9 Å². The quantitative estimate of drug-likeness (QED) is 0.464. The molecule has 0 saturated heterocycles. The minimum absolute atomic E-state index is 0.0543. The number of hydrogen-bond donors (Lipinski definition) is 2. The van der Waals surface area contributed by atoms with Gasteiger partial charge in [0.1, 0.15) is 11.5 Å². The summed E-state index contributed by atoms with van der Waals surface area (Å²) >= 11 is 1.24. The molecule has 0 spiro atoms. The lowest BCUT2D eigenvalue weighted by Gasteiger charge is -2.13. The Balaban J connectivity index is 1.61. The minimum Gasteiger partial charge on any atom is -0.497 e. The van der Waals surface area contributed by atoms with Gasteiger partial charge in [-0.2, -0.15) is 0 Å². The van der Waals surface area contributed by atoms with Crippen molar-refractivity contribution in [1.29, 1.82) is 0 Å². The summed E-state index contributed by atoms with van der Waals surface area (Å²) in [6.07, 6.45) is 3.41. The molecule has 9 heteroatoms. The van der Waals surface area contributed by atoms with E-state index in [4.69, 9.17) is 13.9 Å². The first-order valence-electron chi connectivity index (χ1n) is 9.49. The van der Waals surface area contributed by atoms with Gasteiger partial charge in [0.05, 0.1) is 37.8 Å². The lowest BCUT2D eigenvalue weighted by atomic mass is 10.2. The van der Waals surface area contributed by atoms with E-state index in [1.54, 1.807) is 42.8 Å². The van der Waals surface area contributed by atoms with Gasteiger partial charge in [0.25, 0.3) is 5.91 Å². The highest BCUT2D eigenvalue weighted by molar-refractivity contribution is 7.14. The van der Waals surface area contributed by atoms with E-state index in [0.29, 0.717) is 34.6 Å². The number of furan rings is 1. The van der Waals surface area contributed by atoms with Gasteiger partial charge >= 0.3 is 0 Å². The number of benzene rings is 1. The Morgan fingerprint density at radius 1 is 1.23 bits per heavy atom. The van der Waals surface area contributed by atoms with Gasteiger partial charge in [0, 0.05) is 11.4 Å². The van der Waals surface area contributed by atoms with Crippen LogP contribution in [0.3, 0.4) is 0 Å². The topological polar surface area (TPSA) is 103 Å². The van der Waals surface area contributed by atoms with Crippen molar-refractivity contribution in [3.8, 4) is 11.5 Å². The number of aromatic nitrogens is 1. The van der Waals surface area contributed by atoms with Crippen LogP contribution < -0.4 is 20.1 Å². The van der Waals surface area contributed by atoms with Crippen LogP contribution in [0, 0.1) is 0 Å². The van der Waals surface area contributed by atoms with E-state index in [9.17, 15) is 9.59 Å². The first kappa shape index (κ1) is 21.4. The minimum atomic E-state index is -0.393. The van der Waals surface area contributed by atoms with Gasteiger partial charge in [-0.3, -0.25) is 14.9 Å². The summed E-state index contributed by atoms with van der Waals surface area (Å²) in [6, 6.07) is 8.47. The number of ether oxygens (including phenoxy) is 2. The number of thiazole rings is 1. The maximum absolute atomic E-state index is 12.5. The molecule has 0 saturated carbocycles. The van der Waals surface area contributed by atoms with E-state index in [2.05, 4.69) is 22.5 Å². The SMILES string of the molecule is CCCCOc1ccc(OC)cc1NC(=O)Cc1csc(NC(=O)c2ccco2)n1. The van der Waals surface area contributed by atoms with Crippen LogP contribution in [-0.4, -0.2) is 30.5 Å². The maximum atomic E-state index is 12.5. The highest BCUT2D eigenvalue weighted by Gasteiger charge is 2.14. The zero-order chi connectivity index (χ0) is 21.3. The first-order chi connectivity index (χ1) is 14.6. The van der Waals surface area contributed by atoms with Gasteiger partial charge in [-0.25, -0.2) is 4.98 Å². The number of nitrogens with zero attached hydrogens (tertiary/aromatic N) is 1. The number of nitrogens with one attached hydrogen (secondary N) is 2. The van der Waals surface area contributed by atoms with Crippen LogP contribution in [0.5, 0.6) is 11.5 Å². The van der Waals surface area contributed by atoms with Crippen LogP contribution in [0.15, 0.2) is 46.4 Å². The van der Waals surface area contributed by atoms with Crippen LogP contribution >= 0.6 is 11.3 Å². The average Bonchev–Trinajstić information content (AvgIpc) is 3.41. The molecule has 0 radical (unpaired) electrons. The standard InChI is InChI=1S/C21H23N3O5S/c1-3-4-9-28-17-8-7-15(27-2)12-16(17)23-19(25)11-14-13-30-21(22-14)24-20(26)18-6-5-10-29-18/h5-8,10,12-13H,3-4,9,11H2,1-2H3,(H,23,25)(H,22,24,26). The molecule has 3 aromatic rings. The smallest absolute Gasteiger partial charge is 0.293 e. The molecule has 0 unspecified atom stereocenters. The summed E-state index contributed by atoms with van der Waals surface area (Å²) in [7, 11) is 1.56.